The minimum absolute atomic E-state index is 0.0914. The minimum Gasteiger partial charge on any atom is -0.403 e. The number of aromatic nitrogens is 2. The van der Waals surface area contributed by atoms with E-state index >= 15 is 0 Å². The summed E-state index contributed by atoms with van der Waals surface area (Å²) >= 11 is 0. The Morgan fingerprint density at radius 1 is 1.03 bits per heavy atom. The molecule has 0 atom stereocenters. The van der Waals surface area contributed by atoms with Crippen molar-refractivity contribution >= 4 is 21.8 Å². The van der Waals surface area contributed by atoms with E-state index in [1.54, 1.807) is 12.1 Å². The number of nitrogens with zero attached hydrogens (tertiary/aromatic N) is 2. The first-order chi connectivity index (χ1) is 14.0. The van der Waals surface area contributed by atoms with Gasteiger partial charge in [-0.15, -0.1) is 5.10 Å². The topological polar surface area (TPSA) is 102 Å². The molecule has 0 aliphatic heterocycles. The smallest absolute Gasteiger partial charge is 0.403 e. The van der Waals surface area contributed by atoms with Crippen molar-refractivity contribution in [3.63, 3.8) is 0 Å². The summed E-state index contributed by atoms with van der Waals surface area (Å²) in [4.78, 5) is 12.1. The average Bonchev–Trinajstić information content (AvgIpc) is 3.15. The first-order valence-corrected chi connectivity index (χ1v) is 10.3. The largest absolute Gasteiger partial charge is 0.416 e. The van der Waals surface area contributed by atoms with Crippen molar-refractivity contribution in [2.45, 2.75) is 24.4 Å². The number of sulfone groups is 1. The Morgan fingerprint density at radius 2 is 1.67 bits per heavy atom. The second-order valence-electron chi connectivity index (χ2n) is 6.42. The summed E-state index contributed by atoms with van der Waals surface area (Å²) in [5.41, 5.74) is 0.318. The molecular weight excluding hydrogens is 423 g/mol. The van der Waals surface area contributed by atoms with Gasteiger partial charge in [0.15, 0.2) is 9.84 Å². The third-order valence-electron chi connectivity index (χ3n) is 4.11. The summed E-state index contributed by atoms with van der Waals surface area (Å²) in [6, 6.07) is 10.0. The molecule has 0 fully saturated rings. The number of anilines is 1. The minimum atomic E-state index is -4.47. The van der Waals surface area contributed by atoms with Crippen LogP contribution in [0.4, 0.5) is 19.2 Å². The third-order valence-corrected chi connectivity index (χ3v) is 5.84. The van der Waals surface area contributed by atoms with E-state index in [0.29, 0.717) is 0 Å². The van der Waals surface area contributed by atoms with E-state index in [9.17, 15) is 26.4 Å². The molecule has 1 N–H and O–H groups in total. The Hall–Kier alpha value is -3.21. The second-order valence-corrected chi connectivity index (χ2v) is 8.53. The summed E-state index contributed by atoms with van der Waals surface area (Å²) in [6.45, 7) is 1.83. The van der Waals surface area contributed by atoms with Crippen molar-refractivity contribution in [1.29, 1.82) is 0 Å². The van der Waals surface area contributed by atoms with Crippen LogP contribution in [-0.2, 0) is 20.8 Å². The molecule has 1 heterocycles. The molecule has 1 aromatic heterocycles. The average molecular weight is 439 g/mol. The van der Waals surface area contributed by atoms with Crippen LogP contribution in [0.25, 0.3) is 11.5 Å². The Kier molecular flexibility index (Phi) is 5.92. The van der Waals surface area contributed by atoms with E-state index in [0.717, 1.165) is 29.8 Å². The maximum atomic E-state index is 12.6. The first kappa shape index (κ1) is 21.5. The molecule has 3 rings (SSSR count). The zero-order valence-corrected chi connectivity index (χ0v) is 16.4. The molecule has 1 amide bonds. The standard InChI is InChI=1S/C19H16F3N3O4S/c1-12-2-8-15(9-3-12)30(27,28)11-10-16(26)23-18-25-24-17(29-18)13-4-6-14(7-5-13)19(20,21)22/h2-9H,10-11H2,1H3,(H,23,25,26). The van der Waals surface area contributed by atoms with E-state index in [-0.39, 0.29) is 28.8 Å². The number of nitrogens with one attached hydrogen (secondary N) is 1. The molecule has 11 heteroatoms. The number of carbonyl (C=O) groups is 1. The summed E-state index contributed by atoms with van der Waals surface area (Å²) in [5.74, 6) is -1.17. The van der Waals surface area contributed by atoms with E-state index in [4.69, 9.17) is 4.42 Å². The van der Waals surface area contributed by atoms with Crippen LogP contribution in [0.15, 0.2) is 57.8 Å². The van der Waals surface area contributed by atoms with Gasteiger partial charge in [-0.3, -0.25) is 10.1 Å². The molecule has 30 heavy (non-hydrogen) atoms. The summed E-state index contributed by atoms with van der Waals surface area (Å²) in [7, 11) is -3.64. The molecule has 0 aliphatic carbocycles. The number of halogens is 3. The predicted octanol–water partition coefficient (Wildman–Crippen LogP) is 3.87. The van der Waals surface area contributed by atoms with Gasteiger partial charge in [-0.2, -0.15) is 13.2 Å². The number of aryl methyl sites for hydroxylation is 1. The number of carbonyl (C=O) groups excluding carboxylic acids is 1. The number of benzene rings is 2. The fourth-order valence-corrected chi connectivity index (χ4v) is 3.71. The quantitative estimate of drug-likeness (QED) is 0.626. The van der Waals surface area contributed by atoms with Gasteiger partial charge in [0.25, 0.3) is 0 Å². The number of hydrogen-bond acceptors (Lipinski definition) is 6. The molecular formula is C19H16F3N3O4S. The lowest BCUT2D eigenvalue weighted by atomic mass is 10.1. The van der Waals surface area contributed by atoms with Gasteiger partial charge in [0.2, 0.25) is 11.8 Å². The molecule has 7 nitrogen and oxygen atoms in total. The molecule has 158 valence electrons. The van der Waals surface area contributed by atoms with Crippen LogP contribution in [0.2, 0.25) is 0 Å². The molecule has 0 saturated carbocycles. The molecule has 0 aliphatic rings. The fourth-order valence-electron chi connectivity index (χ4n) is 2.46. The van der Waals surface area contributed by atoms with Crippen LogP contribution < -0.4 is 5.32 Å². The van der Waals surface area contributed by atoms with E-state index in [1.807, 2.05) is 6.92 Å². The Bertz CT molecular complexity index is 1140. The van der Waals surface area contributed by atoms with Gasteiger partial charge in [0.05, 0.1) is 16.2 Å². The Balaban J connectivity index is 1.60. The third kappa shape index (κ3) is 5.23. The van der Waals surface area contributed by atoms with Gasteiger partial charge in [-0.1, -0.05) is 22.8 Å². The summed E-state index contributed by atoms with van der Waals surface area (Å²) in [5, 5.41) is 9.54. The van der Waals surface area contributed by atoms with Crippen LogP contribution in [0, 0.1) is 6.92 Å². The van der Waals surface area contributed by atoms with Crippen molar-refractivity contribution in [3.05, 3.63) is 59.7 Å². The van der Waals surface area contributed by atoms with Gasteiger partial charge in [0.1, 0.15) is 0 Å². The fraction of sp³-hybridized carbons (Fsp3) is 0.211. The van der Waals surface area contributed by atoms with Gasteiger partial charge in [-0.05, 0) is 43.3 Å². The van der Waals surface area contributed by atoms with Crippen molar-refractivity contribution in [2.24, 2.45) is 0 Å². The van der Waals surface area contributed by atoms with Gasteiger partial charge in [-0.25, -0.2) is 8.42 Å². The van der Waals surface area contributed by atoms with Gasteiger partial charge >= 0.3 is 12.2 Å². The normalized spacial score (nSPS) is 12.0. The maximum absolute atomic E-state index is 12.6. The monoisotopic (exact) mass is 439 g/mol. The van der Waals surface area contributed by atoms with Crippen LogP contribution in [-0.4, -0.2) is 30.3 Å². The highest BCUT2D eigenvalue weighted by Crippen LogP contribution is 2.30. The predicted molar refractivity (Wildman–Crippen MR) is 101 cm³/mol. The molecule has 0 bridgehead atoms. The molecule has 3 aromatic rings. The van der Waals surface area contributed by atoms with Gasteiger partial charge < -0.3 is 4.42 Å². The number of amides is 1. The first-order valence-electron chi connectivity index (χ1n) is 8.65. The Labute approximate surface area is 169 Å². The van der Waals surface area contributed by atoms with Crippen molar-refractivity contribution in [3.8, 4) is 11.5 Å². The highest BCUT2D eigenvalue weighted by atomic mass is 32.2. The lowest BCUT2D eigenvalue weighted by Gasteiger charge is -2.06. The van der Waals surface area contributed by atoms with E-state index < -0.39 is 33.2 Å². The SMILES string of the molecule is Cc1ccc(S(=O)(=O)CCC(=O)Nc2nnc(-c3ccc(C(F)(F)F)cc3)o2)cc1. The number of alkyl halides is 3. The molecule has 0 unspecified atom stereocenters. The zero-order valence-electron chi connectivity index (χ0n) is 15.6. The molecule has 0 spiro atoms. The van der Waals surface area contributed by atoms with Gasteiger partial charge in [0, 0.05) is 12.0 Å². The van der Waals surface area contributed by atoms with Crippen LogP contribution in [0.1, 0.15) is 17.5 Å². The van der Waals surface area contributed by atoms with E-state index in [1.165, 1.54) is 12.1 Å². The number of hydrogen-bond donors (Lipinski definition) is 1. The maximum Gasteiger partial charge on any atom is 0.416 e. The highest BCUT2D eigenvalue weighted by Gasteiger charge is 2.30. The van der Waals surface area contributed by atoms with Crippen LogP contribution in [0.3, 0.4) is 0 Å². The summed E-state index contributed by atoms with van der Waals surface area (Å²) < 4.78 is 67.6. The van der Waals surface area contributed by atoms with Crippen molar-refractivity contribution < 1.29 is 30.8 Å². The summed E-state index contributed by atoms with van der Waals surface area (Å²) in [6.07, 6.45) is -4.81. The van der Waals surface area contributed by atoms with Crippen molar-refractivity contribution in [1.82, 2.24) is 10.2 Å². The second kappa shape index (κ2) is 8.27. The lowest BCUT2D eigenvalue weighted by molar-refractivity contribution is -0.137. The zero-order chi connectivity index (χ0) is 21.9. The van der Waals surface area contributed by atoms with Crippen LogP contribution >= 0.6 is 0 Å². The number of rotatable bonds is 6. The molecule has 2 aromatic carbocycles. The highest BCUT2D eigenvalue weighted by molar-refractivity contribution is 7.91. The Morgan fingerprint density at radius 3 is 2.27 bits per heavy atom. The lowest BCUT2D eigenvalue weighted by Crippen LogP contribution is -2.17. The molecule has 0 radical (unpaired) electrons. The van der Waals surface area contributed by atoms with E-state index in [2.05, 4.69) is 15.5 Å². The van der Waals surface area contributed by atoms with Crippen LogP contribution in [0.5, 0.6) is 0 Å². The molecule has 0 saturated heterocycles. The van der Waals surface area contributed by atoms with Crippen molar-refractivity contribution in [2.75, 3.05) is 11.1 Å².